The van der Waals surface area contributed by atoms with Gasteiger partial charge in [-0.05, 0) is 37.2 Å². The molecule has 0 fully saturated rings. The van der Waals surface area contributed by atoms with E-state index in [0.717, 1.165) is 19.4 Å². The Bertz CT molecular complexity index is 210. The van der Waals surface area contributed by atoms with Crippen molar-refractivity contribution in [1.82, 2.24) is 5.32 Å². The van der Waals surface area contributed by atoms with Gasteiger partial charge in [0, 0.05) is 13.1 Å². The highest BCUT2D eigenvalue weighted by Gasteiger charge is 2.17. The molecule has 18 heavy (non-hydrogen) atoms. The number of unbranched alkanes of at least 4 members (excludes halogenated alkanes) is 3. The average molecular weight is 274 g/mol. The van der Waals surface area contributed by atoms with Crippen LogP contribution in [0.1, 0.15) is 46.0 Å². The first-order chi connectivity index (χ1) is 8.61. The number of nitrogens with two attached hydrogens (primary N) is 1. The molecule has 1 amide bonds. The van der Waals surface area contributed by atoms with Crippen LogP contribution in [0.5, 0.6) is 0 Å². The van der Waals surface area contributed by atoms with Crippen LogP contribution in [0.2, 0.25) is 0 Å². The Labute approximate surface area is 117 Å². The molecule has 0 aliphatic rings. The van der Waals surface area contributed by atoms with Crippen LogP contribution in [0.3, 0.4) is 0 Å². The first kappa shape index (κ1) is 17.8. The average Bonchev–Trinajstić information content (AvgIpc) is 2.34. The van der Waals surface area contributed by atoms with Gasteiger partial charge < -0.3 is 11.1 Å². The number of thioether (sulfide) groups is 1. The third-order valence-electron chi connectivity index (χ3n) is 2.99. The fourth-order valence-electron chi connectivity index (χ4n) is 1.96. The lowest BCUT2D eigenvalue weighted by Crippen LogP contribution is -2.36. The molecular weight excluding hydrogens is 244 g/mol. The van der Waals surface area contributed by atoms with Crippen molar-refractivity contribution in [3.8, 4) is 0 Å². The van der Waals surface area contributed by atoms with Gasteiger partial charge in [-0.2, -0.15) is 11.8 Å². The third kappa shape index (κ3) is 9.77. The van der Waals surface area contributed by atoms with Crippen molar-refractivity contribution < 1.29 is 4.79 Å². The summed E-state index contributed by atoms with van der Waals surface area (Å²) < 4.78 is 0. The van der Waals surface area contributed by atoms with Crippen LogP contribution >= 0.6 is 11.8 Å². The van der Waals surface area contributed by atoms with E-state index in [2.05, 4.69) is 25.4 Å². The molecule has 0 heterocycles. The van der Waals surface area contributed by atoms with Gasteiger partial charge >= 0.3 is 0 Å². The lowest BCUT2D eigenvalue weighted by molar-refractivity contribution is -0.125. The number of carbonyl (C=O) groups is 1. The maximum atomic E-state index is 11.9. The molecule has 0 aliphatic heterocycles. The standard InChI is InChI=1S/C14H30N2OS/c1-12(2)10-13(11-15)14(17)16-8-6-4-5-7-9-18-3/h12-13H,4-11,15H2,1-3H3,(H,16,17). The maximum Gasteiger partial charge on any atom is 0.224 e. The zero-order chi connectivity index (χ0) is 13.8. The summed E-state index contributed by atoms with van der Waals surface area (Å²) >= 11 is 1.90. The second-order valence-corrected chi connectivity index (χ2v) is 6.25. The SMILES string of the molecule is CSCCCCCCNC(=O)C(CN)CC(C)C. The van der Waals surface area contributed by atoms with E-state index in [4.69, 9.17) is 5.73 Å². The Morgan fingerprint density at radius 2 is 1.89 bits per heavy atom. The highest BCUT2D eigenvalue weighted by molar-refractivity contribution is 7.98. The highest BCUT2D eigenvalue weighted by atomic mass is 32.2. The Hall–Kier alpha value is -0.220. The molecule has 0 aromatic carbocycles. The molecule has 0 spiro atoms. The minimum absolute atomic E-state index is 0.0125. The van der Waals surface area contributed by atoms with Crippen LogP contribution in [0.25, 0.3) is 0 Å². The quantitative estimate of drug-likeness (QED) is 0.570. The zero-order valence-electron chi connectivity index (χ0n) is 12.2. The molecule has 1 unspecified atom stereocenters. The van der Waals surface area contributed by atoms with Crippen LogP contribution in [0.4, 0.5) is 0 Å². The molecule has 0 rings (SSSR count). The molecule has 0 aromatic rings. The minimum atomic E-state index is -0.0125. The van der Waals surface area contributed by atoms with Crippen LogP contribution in [0.15, 0.2) is 0 Å². The molecule has 108 valence electrons. The monoisotopic (exact) mass is 274 g/mol. The van der Waals surface area contributed by atoms with Gasteiger partial charge in [-0.15, -0.1) is 0 Å². The summed E-state index contributed by atoms with van der Waals surface area (Å²) in [7, 11) is 0. The van der Waals surface area contributed by atoms with E-state index in [1.807, 2.05) is 11.8 Å². The smallest absolute Gasteiger partial charge is 0.224 e. The maximum absolute atomic E-state index is 11.9. The largest absolute Gasteiger partial charge is 0.356 e. The van der Waals surface area contributed by atoms with Crippen molar-refractivity contribution in [2.45, 2.75) is 46.0 Å². The molecule has 4 heteroatoms. The van der Waals surface area contributed by atoms with Gasteiger partial charge in [0.05, 0.1) is 5.92 Å². The molecule has 0 bridgehead atoms. The van der Waals surface area contributed by atoms with Gasteiger partial charge in [0.15, 0.2) is 0 Å². The van der Waals surface area contributed by atoms with Gasteiger partial charge in [-0.3, -0.25) is 4.79 Å². The molecule has 0 radical (unpaired) electrons. The Morgan fingerprint density at radius 3 is 2.44 bits per heavy atom. The summed E-state index contributed by atoms with van der Waals surface area (Å²) in [4.78, 5) is 11.9. The summed E-state index contributed by atoms with van der Waals surface area (Å²) in [6, 6.07) is 0. The van der Waals surface area contributed by atoms with Crippen molar-refractivity contribution in [1.29, 1.82) is 0 Å². The van der Waals surface area contributed by atoms with Gasteiger partial charge in [0.25, 0.3) is 0 Å². The summed E-state index contributed by atoms with van der Waals surface area (Å²) in [6.07, 6.45) is 7.87. The molecule has 0 saturated heterocycles. The fraction of sp³-hybridized carbons (Fsp3) is 0.929. The second kappa shape index (κ2) is 11.8. The molecule has 0 aliphatic carbocycles. The van der Waals surface area contributed by atoms with Crippen molar-refractivity contribution in [2.75, 3.05) is 25.1 Å². The van der Waals surface area contributed by atoms with E-state index in [1.165, 1.54) is 25.0 Å². The lowest BCUT2D eigenvalue weighted by Gasteiger charge is -2.16. The number of carbonyl (C=O) groups excluding carboxylic acids is 1. The van der Waals surface area contributed by atoms with Crippen LogP contribution < -0.4 is 11.1 Å². The van der Waals surface area contributed by atoms with Crippen LogP contribution in [-0.2, 0) is 4.79 Å². The minimum Gasteiger partial charge on any atom is -0.356 e. The van der Waals surface area contributed by atoms with Gasteiger partial charge in [-0.1, -0.05) is 26.7 Å². The predicted octanol–water partition coefficient (Wildman–Crippen LogP) is 2.65. The highest BCUT2D eigenvalue weighted by Crippen LogP contribution is 2.10. The van der Waals surface area contributed by atoms with E-state index < -0.39 is 0 Å². The normalized spacial score (nSPS) is 12.7. The molecule has 3 nitrogen and oxygen atoms in total. The molecule has 0 aromatic heterocycles. The third-order valence-corrected chi connectivity index (χ3v) is 3.68. The summed E-state index contributed by atoms with van der Waals surface area (Å²) in [5, 5.41) is 3.01. The van der Waals surface area contributed by atoms with Gasteiger partial charge in [-0.25, -0.2) is 0 Å². The zero-order valence-corrected chi connectivity index (χ0v) is 13.0. The first-order valence-electron chi connectivity index (χ1n) is 7.08. The predicted molar refractivity (Wildman–Crippen MR) is 81.9 cm³/mol. The number of amides is 1. The van der Waals surface area contributed by atoms with E-state index >= 15 is 0 Å². The Morgan fingerprint density at radius 1 is 1.22 bits per heavy atom. The van der Waals surface area contributed by atoms with Crippen molar-refractivity contribution in [3.05, 3.63) is 0 Å². The number of hydrogen-bond acceptors (Lipinski definition) is 3. The molecular formula is C14H30N2OS. The van der Waals surface area contributed by atoms with Crippen LogP contribution in [-0.4, -0.2) is 31.0 Å². The van der Waals surface area contributed by atoms with Gasteiger partial charge in [0.2, 0.25) is 5.91 Å². The van der Waals surface area contributed by atoms with Crippen LogP contribution in [0, 0.1) is 11.8 Å². The lowest BCUT2D eigenvalue weighted by atomic mass is 9.96. The van der Waals surface area contributed by atoms with Crippen molar-refractivity contribution in [2.24, 2.45) is 17.6 Å². The Balaban J connectivity index is 3.56. The van der Waals surface area contributed by atoms with Crippen molar-refractivity contribution >= 4 is 17.7 Å². The summed E-state index contributed by atoms with van der Waals surface area (Å²) in [6.45, 7) is 5.51. The Kier molecular flexibility index (Phi) is 11.7. The van der Waals surface area contributed by atoms with E-state index in [-0.39, 0.29) is 11.8 Å². The number of nitrogens with one attached hydrogen (secondary N) is 1. The van der Waals surface area contributed by atoms with E-state index in [9.17, 15) is 4.79 Å². The fourth-order valence-corrected chi connectivity index (χ4v) is 2.45. The van der Waals surface area contributed by atoms with E-state index in [0.29, 0.717) is 12.5 Å². The summed E-state index contributed by atoms with van der Waals surface area (Å²) in [5.41, 5.74) is 5.64. The van der Waals surface area contributed by atoms with Gasteiger partial charge in [0.1, 0.15) is 0 Å². The number of hydrogen-bond donors (Lipinski definition) is 2. The van der Waals surface area contributed by atoms with E-state index in [1.54, 1.807) is 0 Å². The van der Waals surface area contributed by atoms with Crippen molar-refractivity contribution in [3.63, 3.8) is 0 Å². The molecule has 1 atom stereocenters. The topological polar surface area (TPSA) is 55.1 Å². The second-order valence-electron chi connectivity index (χ2n) is 5.26. The molecule has 3 N–H and O–H groups in total. The first-order valence-corrected chi connectivity index (χ1v) is 8.47. The number of rotatable bonds is 11. The summed E-state index contributed by atoms with van der Waals surface area (Å²) in [5.74, 6) is 1.89. The molecule has 0 saturated carbocycles.